The summed E-state index contributed by atoms with van der Waals surface area (Å²) in [5, 5.41) is 0. The van der Waals surface area contributed by atoms with E-state index in [1.54, 1.807) is 24.0 Å². The second kappa shape index (κ2) is 6.57. The molecule has 0 aromatic heterocycles. The first kappa shape index (κ1) is 18.4. The molecule has 2 amide bonds. The average molecular weight is 394 g/mol. The van der Waals surface area contributed by atoms with Crippen LogP contribution in [0.4, 0.5) is 5.69 Å². The van der Waals surface area contributed by atoms with Gasteiger partial charge in [0.05, 0.1) is 30.6 Å². The molecule has 8 nitrogen and oxygen atoms in total. The molecular weight excluding hydrogens is 372 g/mol. The lowest BCUT2D eigenvalue weighted by atomic mass is 10.0. The fraction of sp³-hybridized carbons (Fsp3) is 0.556. The molecule has 1 atom stereocenters. The fourth-order valence-corrected chi connectivity index (χ4v) is 5.67. The van der Waals surface area contributed by atoms with E-state index in [0.717, 1.165) is 4.31 Å². The van der Waals surface area contributed by atoms with Crippen LogP contribution in [0, 0.1) is 5.92 Å². The van der Waals surface area contributed by atoms with Crippen molar-refractivity contribution in [3.05, 3.63) is 29.8 Å². The van der Waals surface area contributed by atoms with Crippen molar-refractivity contribution in [3.63, 3.8) is 0 Å². The molecule has 146 valence electrons. The summed E-state index contributed by atoms with van der Waals surface area (Å²) in [6, 6.07) is 6.15. The molecule has 3 aliphatic rings. The van der Waals surface area contributed by atoms with Crippen molar-refractivity contribution >= 4 is 27.5 Å². The molecule has 1 unspecified atom stereocenters. The quantitative estimate of drug-likeness (QED) is 0.742. The molecule has 3 aliphatic heterocycles. The Labute approximate surface area is 158 Å². The maximum atomic E-state index is 12.7. The van der Waals surface area contributed by atoms with Gasteiger partial charge in [0.15, 0.2) is 5.79 Å². The Morgan fingerprint density at radius 1 is 1.11 bits per heavy atom. The summed E-state index contributed by atoms with van der Waals surface area (Å²) in [6.45, 7) is 3.85. The van der Waals surface area contributed by atoms with Crippen LogP contribution in [0.15, 0.2) is 24.3 Å². The van der Waals surface area contributed by atoms with Crippen molar-refractivity contribution in [3.8, 4) is 0 Å². The van der Waals surface area contributed by atoms with Crippen LogP contribution >= 0.6 is 0 Å². The number of hydrogen-bond donors (Lipinski definition) is 0. The van der Waals surface area contributed by atoms with Gasteiger partial charge in [0.1, 0.15) is 0 Å². The monoisotopic (exact) mass is 394 g/mol. The molecule has 3 heterocycles. The van der Waals surface area contributed by atoms with Gasteiger partial charge in [-0.05, 0) is 24.3 Å². The topological polar surface area (TPSA) is 93.2 Å². The van der Waals surface area contributed by atoms with Crippen molar-refractivity contribution < 1.29 is 27.5 Å². The predicted molar refractivity (Wildman–Crippen MR) is 96.7 cm³/mol. The van der Waals surface area contributed by atoms with E-state index in [1.165, 1.54) is 12.1 Å². The number of piperidine rings is 1. The number of benzene rings is 1. The Hall–Kier alpha value is -1.97. The van der Waals surface area contributed by atoms with E-state index in [-0.39, 0.29) is 17.3 Å². The van der Waals surface area contributed by atoms with Gasteiger partial charge < -0.3 is 14.4 Å². The minimum atomic E-state index is -3.64. The highest BCUT2D eigenvalue weighted by Gasteiger charge is 2.42. The SMILES string of the molecule is CC1CS(=O)(=O)N(c2ccc(C(=O)N3CCC4(CC3)OCCO4)cc2)C1=O. The molecule has 0 saturated carbocycles. The number of sulfonamides is 1. The van der Waals surface area contributed by atoms with Crippen molar-refractivity contribution in [1.82, 2.24) is 4.90 Å². The van der Waals surface area contributed by atoms with Gasteiger partial charge in [-0.3, -0.25) is 9.59 Å². The van der Waals surface area contributed by atoms with Crippen LogP contribution in [-0.4, -0.2) is 63.0 Å². The summed E-state index contributed by atoms with van der Waals surface area (Å²) >= 11 is 0. The molecule has 1 aromatic carbocycles. The molecule has 0 radical (unpaired) electrons. The normalized spacial score (nSPS) is 26.7. The summed E-state index contributed by atoms with van der Waals surface area (Å²) in [5.74, 6) is -1.85. The Morgan fingerprint density at radius 2 is 1.70 bits per heavy atom. The lowest BCUT2D eigenvalue weighted by Gasteiger charge is -2.37. The second-order valence-electron chi connectivity index (χ2n) is 7.23. The molecule has 4 rings (SSSR count). The zero-order chi connectivity index (χ0) is 19.2. The van der Waals surface area contributed by atoms with Crippen molar-refractivity contribution in [2.24, 2.45) is 5.92 Å². The van der Waals surface area contributed by atoms with Gasteiger partial charge >= 0.3 is 0 Å². The number of hydrogen-bond acceptors (Lipinski definition) is 6. The standard InChI is InChI=1S/C18H22N2O6S/c1-13-12-27(23,24)20(16(13)21)15-4-2-14(3-5-15)17(22)19-8-6-18(7-9-19)25-10-11-26-18/h2-5,13H,6-12H2,1H3. The third kappa shape index (κ3) is 3.24. The minimum absolute atomic E-state index is 0.127. The Bertz CT molecular complexity index is 850. The highest BCUT2D eigenvalue weighted by molar-refractivity contribution is 7.94. The third-order valence-electron chi connectivity index (χ3n) is 5.34. The number of rotatable bonds is 2. The summed E-state index contributed by atoms with van der Waals surface area (Å²) < 4.78 is 36.5. The highest BCUT2D eigenvalue weighted by Crippen LogP contribution is 2.32. The summed E-state index contributed by atoms with van der Waals surface area (Å²) in [6.07, 6.45) is 1.27. The average Bonchev–Trinajstić information content (AvgIpc) is 3.17. The van der Waals surface area contributed by atoms with Gasteiger partial charge in [-0.1, -0.05) is 6.92 Å². The van der Waals surface area contributed by atoms with E-state index in [1.807, 2.05) is 0 Å². The lowest BCUT2D eigenvalue weighted by Crippen LogP contribution is -2.47. The highest BCUT2D eigenvalue weighted by atomic mass is 32.2. The van der Waals surface area contributed by atoms with Crippen molar-refractivity contribution in [2.75, 3.05) is 36.4 Å². The van der Waals surface area contributed by atoms with Crippen LogP contribution in [0.1, 0.15) is 30.1 Å². The van der Waals surface area contributed by atoms with E-state index in [0.29, 0.717) is 44.7 Å². The van der Waals surface area contributed by atoms with E-state index in [4.69, 9.17) is 9.47 Å². The van der Waals surface area contributed by atoms with Crippen LogP contribution in [0.2, 0.25) is 0 Å². The second-order valence-corrected chi connectivity index (χ2v) is 9.09. The Kier molecular flexibility index (Phi) is 4.48. The van der Waals surface area contributed by atoms with Gasteiger partial charge in [-0.25, -0.2) is 12.7 Å². The van der Waals surface area contributed by atoms with Gasteiger partial charge in [0.25, 0.3) is 5.91 Å². The predicted octanol–water partition coefficient (Wildman–Crippen LogP) is 0.978. The molecule has 3 fully saturated rings. The van der Waals surface area contributed by atoms with Crippen molar-refractivity contribution in [2.45, 2.75) is 25.6 Å². The van der Waals surface area contributed by atoms with Gasteiger partial charge in [0.2, 0.25) is 15.9 Å². The molecule has 0 N–H and O–H groups in total. The maximum Gasteiger partial charge on any atom is 0.253 e. The Balaban J connectivity index is 1.46. The molecule has 0 aliphatic carbocycles. The summed E-state index contributed by atoms with van der Waals surface area (Å²) in [7, 11) is -3.64. The van der Waals surface area contributed by atoms with Crippen LogP contribution in [0.5, 0.6) is 0 Å². The van der Waals surface area contributed by atoms with Crippen LogP contribution in [0.25, 0.3) is 0 Å². The number of nitrogens with zero attached hydrogens (tertiary/aromatic N) is 2. The van der Waals surface area contributed by atoms with E-state index < -0.39 is 27.6 Å². The Morgan fingerprint density at radius 3 is 2.22 bits per heavy atom. The van der Waals surface area contributed by atoms with Gasteiger partial charge in [0, 0.05) is 31.5 Å². The van der Waals surface area contributed by atoms with E-state index in [9.17, 15) is 18.0 Å². The first-order valence-electron chi connectivity index (χ1n) is 9.05. The number of anilines is 1. The summed E-state index contributed by atoms with van der Waals surface area (Å²) in [5.41, 5.74) is 0.728. The zero-order valence-electron chi connectivity index (χ0n) is 15.1. The first-order chi connectivity index (χ1) is 12.8. The van der Waals surface area contributed by atoms with Crippen LogP contribution in [-0.2, 0) is 24.3 Å². The third-order valence-corrected chi connectivity index (χ3v) is 7.20. The minimum Gasteiger partial charge on any atom is -0.347 e. The molecule has 1 spiro atoms. The molecule has 27 heavy (non-hydrogen) atoms. The summed E-state index contributed by atoms with van der Waals surface area (Å²) in [4.78, 5) is 26.6. The number of ether oxygens (including phenoxy) is 2. The fourth-order valence-electron chi connectivity index (χ4n) is 3.84. The number of likely N-dealkylation sites (tertiary alicyclic amines) is 1. The number of carbonyl (C=O) groups is 2. The zero-order valence-corrected chi connectivity index (χ0v) is 15.9. The first-order valence-corrected chi connectivity index (χ1v) is 10.7. The van der Waals surface area contributed by atoms with Gasteiger partial charge in [-0.15, -0.1) is 0 Å². The smallest absolute Gasteiger partial charge is 0.253 e. The van der Waals surface area contributed by atoms with Crippen molar-refractivity contribution in [1.29, 1.82) is 0 Å². The van der Waals surface area contributed by atoms with Crippen LogP contribution < -0.4 is 4.31 Å². The van der Waals surface area contributed by atoms with E-state index >= 15 is 0 Å². The molecule has 0 bridgehead atoms. The molecule has 1 aromatic rings. The lowest BCUT2D eigenvalue weighted by molar-refractivity contribution is -0.181. The molecular formula is C18H22N2O6S. The molecule has 3 saturated heterocycles. The van der Waals surface area contributed by atoms with Gasteiger partial charge in [-0.2, -0.15) is 0 Å². The van der Waals surface area contributed by atoms with E-state index in [2.05, 4.69) is 0 Å². The molecule has 9 heteroatoms. The number of carbonyl (C=O) groups excluding carboxylic acids is 2. The maximum absolute atomic E-state index is 12.7. The number of amides is 2. The van der Waals surface area contributed by atoms with Crippen LogP contribution in [0.3, 0.4) is 0 Å². The largest absolute Gasteiger partial charge is 0.347 e.